The number of benzene rings is 2. The number of nitrogens with one attached hydrogen (secondary N) is 2. The molecule has 0 saturated heterocycles. The third-order valence-electron chi connectivity index (χ3n) is 3.87. The zero-order chi connectivity index (χ0) is 18.7. The van der Waals surface area contributed by atoms with Crippen LogP contribution < -0.4 is 5.32 Å². The Balaban J connectivity index is 2.03. The number of carbonyl (C=O) groups excluding carboxylic acids is 1. The standard InChI is InChI=1S/C19H16ClF2N3O/c1-2-5-15-18(17(25-24-15)11-6-3-7-12(20)10-11)23-19(26)16-13(21)8-4-9-14(16)22/h3-4,6-10H,2,5H2,1H3,(H,23,26)(H,24,25). The molecule has 0 aliphatic heterocycles. The van der Waals surface area contributed by atoms with Gasteiger partial charge in [0, 0.05) is 10.6 Å². The van der Waals surface area contributed by atoms with E-state index >= 15 is 0 Å². The monoisotopic (exact) mass is 375 g/mol. The largest absolute Gasteiger partial charge is 0.318 e. The first-order valence-corrected chi connectivity index (χ1v) is 8.47. The number of aromatic nitrogens is 2. The van der Waals surface area contributed by atoms with Crippen LogP contribution >= 0.6 is 11.6 Å². The Kier molecular flexibility index (Phi) is 5.32. The molecule has 0 fully saturated rings. The zero-order valence-electron chi connectivity index (χ0n) is 13.9. The van der Waals surface area contributed by atoms with Crippen LogP contribution in [0.1, 0.15) is 29.4 Å². The summed E-state index contributed by atoms with van der Waals surface area (Å²) < 4.78 is 27.8. The summed E-state index contributed by atoms with van der Waals surface area (Å²) in [5.74, 6) is -2.72. The van der Waals surface area contributed by atoms with Gasteiger partial charge in [-0.05, 0) is 30.7 Å². The summed E-state index contributed by atoms with van der Waals surface area (Å²) >= 11 is 6.03. The van der Waals surface area contributed by atoms with E-state index in [2.05, 4.69) is 15.5 Å². The van der Waals surface area contributed by atoms with Crippen LogP contribution in [0.3, 0.4) is 0 Å². The molecular weight excluding hydrogens is 360 g/mol. The predicted molar refractivity (Wildman–Crippen MR) is 97.3 cm³/mol. The Labute approximate surface area is 154 Å². The normalized spacial score (nSPS) is 10.8. The minimum absolute atomic E-state index is 0.391. The van der Waals surface area contributed by atoms with Crippen molar-refractivity contribution in [3.8, 4) is 11.3 Å². The van der Waals surface area contributed by atoms with Gasteiger partial charge >= 0.3 is 0 Å². The first-order chi connectivity index (χ1) is 12.5. The van der Waals surface area contributed by atoms with Gasteiger partial charge in [0.1, 0.15) is 22.9 Å². The molecule has 26 heavy (non-hydrogen) atoms. The second-order valence-electron chi connectivity index (χ2n) is 5.74. The highest BCUT2D eigenvalue weighted by atomic mass is 35.5. The van der Waals surface area contributed by atoms with E-state index in [9.17, 15) is 13.6 Å². The zero-order valence-corrected chi connectivity index (χ0v) is 14.7. The Hall–Kier alpha value is -2.73. The molecule has 0 bridgehead atoms. The molecule has 2 N–H and O–H groups in total. The lowest BCUT2D eigenvalue weighted by atomic mass is 10.1. The second-order valence-corrected chi connectivity index (χ2v) is 6.17. The van der Waals surface area contributed by atoms with Crippen LogP contribution in [0.15, 0.2) is 42.5 Å². The van der Waals surface area contributed by atoms with Crippen LogP contribution in [0, 0.1) is 11.6 Å². The van der Waals surface area contributed by atoms with Crippen molar-refractivity contribution in [3.63, 3.8) is 0 Å². The van der Waals surface area contributed by atoms with E-state index < -0.39 is 23.1 Å². The quantitative estimate of drug-likeness (QED) is 0.642. The lowest BCUT2D eigenvalue weighted by Gasteiger charge is -2.10. The van der Waals surface area contributed by atoms with Gasteiger partial charge in [0.2, 0.25) is 0 Å². The summed E-state index contributed by atoms with van der Waals surface area (Å²) in [6, 6.07) is 10.3. The lowest BCUT2D eigenvalue weighted by molar-refractivity contribution is 0.101. The fourth-order valence-electron chi connectivity index (χ4n) is 2.68. The molecule has 4 nitrogen and oxygen atoms in total. The maximum atomic E-state index is 13.9. The number of aromatic amines is 1. The number of H-pyrrole nitrogens is 1. The summed E-state index contributed by atoms with van der Waals surface area (Å²) in [5, 5.41) is 10.3. The minimum atomic E-state index is -0.924. The molecule has 7 heteroatoms. The van der Waals surface area contributed by atoms with Crippen LogP contribution in [0.5, 0.6) is 0 Å². The highest BCUT2D eigenvalue weighted by Crippen LogP contribution is 2.31. The Morgan fingerprint density at radius 1 is 1.19 bits per heavy atom. The topological polar surface area (TPSA) is 57.8 Å². The summed E-state index contributed by atoms with van der Waals surface area (Å²) in [6.07, 6.45) is 1.41. The van der Waals surface area contributed by atoms with Crippen molar-refractivity contribution < 1.29 is 13.6 Å². The maximum absolute atomic E-state index is 13.9. The Morgan fingerprint density at radius 3 is 2.54 bits per heavy atom. The maximum Gasteiger partial charge on any atom is 0.261 e. The predicted octanol–water partition coefficient (Wildman–Crippen LogP) is 5.21. The number of anilines is 1. The van der Waals surface area contributed by atoms with E-state index in [1.165, 1.54) is 6.07 Å². The first kappa shape index (κ1) is 18.1. The number of carbonyl (C=O) groups is 1. The number of nitrogens with zero attached hydrogens (tertiary/aromatic N) is 1. The van der Waals surface area contributed by atoms with Crippen LogP contribution in [0.2, 0.25) is 5.02 Å². The lowest BCUT2D eigenvalue weighted by Crippen LogP contribution is -2.17. The Morgan fingerprint density at radius 2 is 1.88 bits per heavy atom. The molecule has 0 aliphatic carbocycles. The first-order valence-electron chi connectivity index (χ1n) is 8.09. The number of amides is 1. The van der Waals surface area contributed by atoms with Crippen LogP contribution in [0.25, 0.3) is 11.3 Å². The van der Waals surface area contributed by atoms with Crippen molar-refractivity contribution in [2.45, 2.75) is 19.8 Å². The summed E-state index contributed by atoms with van der Waals surface area (Å²) in [4.78, 5) is 12.5. The number of hydrogen-bond donors (Lipinski definition) is 2. The summed E-state index contributed by atoms with van der Waals surface area (Å²) in [7, 11) is 0. The van der Waals surface area contributed by atoms with E-state index in [4.69, 9.17) is 11.6 Å². The second kappa shape index (κ2) is 7.66. The molecule has 3 aromatic rings. The molecule has 1 amide bonds. The average Bonchev–Trinajstić information content (AvgIpc) is 2.98. The van der Waals surface area contributed by atoms with Crippen molar-refractivity contribution in [2.75, 3.05) is 5.32 Å². The number of rotatable bonds is 5. The van der Waals surface area contributed by atoms with Gasteiger partial charge in [0.05, 0.1) is 11.4 Å². The molecule has 0 radical (unpaired) electrons. The van der Waals surface area contributed by atoms with Crippen molar-refractivity contribution in [2.24, 2.45) is 0 Å². The molecule has 0 spiro atoms. The van der Waals surface area contributed by atoms with Crippen molar-refractivity contribution in [3.05, 3.63) is 70.4 Å². The third-order valence-corrected chi connectivity index (χ3v) is 4.10. The molecule has 1 heterocycles. The number of hydrogen-bond acceptors (Lipinski definition) is 2. The van der Waals surface area contributed by atoms with Crippen molar-refractivity contribution in [1.82, 2.24) is 10.2 Å². The van der Waals surface area contributed by atoms with Gasteiger partial charge in [0.15, 0.2) is 0 Å². The molecule has 0 saturated carbocycles. The van der Waals surface area contributed by atoms with Gasteiger partial charge in [0.25, 0.3) is 5.91 Å². The van der Waals surface area contributed by atoms with E-state index in [1.54, 1.807) is 24.3 Å². The van der Waals surface area contributed by atoms with Gasteiger partial charge in [-0.25, -0.2) is 8.78 Å². The van der Waals surface area contributed by atoms with Gasteiger partial charge in [-0.1, -0.05) is 43.1 Å². The molecule has 1 aromatic heterocycles. The fourth-order valence-corrected chi connectivity index (χ4v) is 2.87. The third kappa shape index (κ3) is 3.60. The van der Waals surface area contributed by atoms with Crippen LogP contribution in [0.4, 0.5) is 14.5 Å². The summed E-state index contributed by atoms with van der Waals surface area (Å²) in [6.45, 7) is 1.97. The SMILES string of the molecule is CCCc1[nH]nc(-c2cccc(Cl)c2)c1NC(=O)c1c(F)cccc1F. The molecule has 2 aromatic carbocycles. The van der Waals surface area contributed by atoms with Gasteiger partial charge in [-0.2, -0.15) is 5.10 Å². The Bertz CT molecular complexity index is 935. The molecule has 0 unspecified atom stereocenters. The van der Waals surface area contributed by atoms with E-state index in [1.807, 2.05) is 6.92 Å². The van der Waals surface area contributed by atoms with E-state index in [0.29, 0.717) is 34.1 Å². The minimum Gasteiger partial charge on any atom is -0.318 e. The molecule has 134 valence electrons. The number of aryl methyl sites for hydroxylation is 1. The smallest absolute Gasteiger partial charge is 0.261 e. The fraction of sp³-hybridized carbons (Fsp3) is 0.158. The van der Waals surface area contributed by atoms with Gasteiger partial charge < -0.3 is 5.32 Å². The molecular formula is C19H16ClF2N3O. The number of halogens is 3. The van der Waals surface area contributed by atoms with Crippen molar-refractivity contribution >= 4 is 23.2 Å². The average molecular weight is 376 g/mol. The molecule has 3 rings (SSSR count). The molecule has 0 atom stereocenters. The highest BCUT2D eigenvalue weighted by Gasteiger charge is 2.22. The highest BCUT2D eigenvalue weighted by molar-refractivity contribution is 6.30. The van der Waals surface area contributed by atoms with E-state index in [-0.39, 0.29) is 0 Å². The van der Waals surface area contributed by atoms with Crippen molar-refractivity contribution in [1.29, 1.82) is 0 Å². The molecule has 0 aliphatic rings. The van der Waals surface area contributed by atoms with Crippen LogP contribution in [-0.4, -0.2) is 16.1 Å². The van der Waals surface area contributed by atoms with Gasteiger partial charge in [-0.15, -0.1) is 0 Å². The van der Waals surface area contributed by atoms with E-state index in [0.717, 1.165) is 18.6 Å². The summed E-state index contributed by atoms with van der Waals surface area (Å²) in [5.41, 5.74) is 1.57. The van der Waals surface area contributed by atoms with Gasteiger partial charge in [-0.3, -0.25) is 9.89 Å². The van der Waals surface area contributed by atoms with Crippen LogP contribution in [-0.2, 0) is 6.42 Å².